The topological polar surface area (TPSA) is 77.2 Å². The molecule has 1 N–H and O–H groups in total. The lowest BCUT2D eigenvalue weighted by Crippen LogP contribution is -2.07. The second-order valence-electron chi connectivity index (χ2n) is 6.88. The van der Waals surface area contributed by atoms with Crippen LogP contribution >= 0.6 is 0 Å². The van der Waals surface area contributed by atoms with Gasteiger partial charge in [0.25, 0.3) is 0 Å². The summed E-state index contributed by atoms with van der Waals surface area (Å²) in [5, 5.41) is 17.7. The van der Waals surface area contributed by atoms with Gasteiger partial charge in [0.05, 0.1) is 13.3 Å². The first-order valence-electron chi connectivity index (χ1n) is 8.97. The lowest BCUT2D eigenvalue weighted by Gasteiger charge is -2.15. The van der Waals surface area contributed by atoms with E-state index in [-0.39, 0.29) is 5.56 Å². The Morgan fingerprint density at radius 1 is 1.22 bits per heavy atom. The van der Waals surface area contributed by atoms with Crippen LogP contribution in [-0.2, 0) is 26.3 Å². The minimum atomic E-state index is -0.944. The molecule has 0 aliphatic heterocycles. The average molecular weight is 363 g/mol. The number of carboxylic acids is 1. The highest BCUT2D eigenvalue weighted by molar-refractivity contribution is 5.92. The molecule has 1 aliphatic rings. The van der Waals surface area contributed by atoms with Crippen LogP contribution in [0.5, 0.6) is 5.75 Å². The molecule has 2 aromatic carbocycles. The van der Waals surface area contributed by atoms with E-state index < -0.39 is 5.97 Å². The SMILES string of the molecule is COc1c(C(=O)O)cc(Cc2ccc(-c3cn(C)nn3)cc2)c2c1CCC2. The zero-order valence-electron chi connectivity index (χ0n) is 15.4. The summed E-state index contributed by atoms with van der Waals surface area (Å²) in [5.41, 5.74) is 6.62. The average Bonchev–Trinajstić information content (AvgIpc) is 3.31. The van der Waals surface area contributed by atoms with Crippen molar-refractivity contribution in [2.24, 2.45) is 7.05 Å². The van der Waals surface area contributed by atoms with E-state index in [1.54, 1.807) is 17.9 Å². The number of aromatic nitrogens is 3. The van der Waals surface area contributed by atoms with Crippen LogP contribution < -0.4 is 4.74 Å². The maximum absolute atomic E-state index is 11.7. The second-order valence-corrected chi connectivity index (χ2v) is 6.88. The molecule has 0 saturated carbocycles. The summed E-state index contributed by atoms with van der Waals surface area (Å²) in [4.78, 5) is 11.7. The Morgan fingerprint density at radius 3 is 2.59 bits per heavy atom. The van der Waals surface area contributed by atoms with E-state index in [4.69, 9.17) is 4.74 Å². The van der Waals surface area contributed by atoms with Gasteiger partial charge in [0, 0.05) is 12.6 Å². The molecular formula is C21H21N3O3. The maximum atomic E-state index is 11.7. The van der Waals surface area contributed by atoms with E-state index in [0.717, 1.165) is 47.2 Å². The fraction of sp³-hybridized carbons (Fsp3) is 0.286. The normalized spacial score (nSPS) is 12.8. The molecule has 27 heavy (non-hydrogen) atoms. The Balaban J connectivity index is 1.67. The summed E-state index contributed by atoms with van der Waals surface area (Å²) in [6.45, 7) is 0. The first kappa shape index (κ1) is 17.3. The predicted molar refractivity (Wildman–Crippen MR) is 101 cm³/mol. The van der Waals surface area contributed by atoms with Crippen LogP contribution in [0.15, 0.2) is 36.5 Å². The Hall–Kier alpha value is -3.15. The number of hydrogen-bond acceptors (Lipinski definition) is 4. The van der Waals surface area contributed by atoms with Crippen LogP contribution in [0.2, 0.25) is 0 Å². The molecule has 4 rings (SSSR count). The highest BCUT2D eigenvalue weighted by atomic mass is 16.5. The molecule has 138 valence electrons. The molecule has 6 nitrogen and oxygen atoms in total. The Morgan fingerprint density at radius 2 is 1.96 bits per heavy atom. The third kappa shape index (κ3) is 3.18. The van der Waals surface area contributed by atoms with Crippen LogP contribution in [-0.4, -0.2) is 33.2 Å². The van der Waals surface area contributed by atoms with Crippen molar-refractivity contribution in [1.82, 2.24) is 15.0 Å². The quantitative estimate of drug-likeness (QED) is 0.753. The van der Waals surface area contributed by atoms with Gasteiger partial charge < -0.3 is 9.84 Å². The van der Waals surface area contributed by atoms with Crippen LogP contribution in [0.3, 0.4) is 0 Å². The highest BCUT2D eigenvalue weighted by Gasteiger charge is 2.25. The van der Waals surface area contributed by atoms with Crippen molar-refractivity contribution >= 4 is 5.97 Å². The molecule has 0 saturated heterocycles. The number of hydrogen-bond donors (Lipinski definition) is 1. The Labute approximate surface area is 157 Å². The lowest BCUT2D eigenvalue weighted by atomic mass is 9.93. The molecule has 3 aromatic rings. The van der Waals surface area contributed by atoms with Gasteiger partial charge in [-0.25, -0.2) is 4.79 Å². The first-order chi connectivity index (χ1) is 13.1. The monoisotopic (exact) mass is 363 g/mol. The van der Waals surface area contributed by atoms with Gasteiger partial charge in [0.2, 0.25) is 0 Å². The predicted octanol–water partition coefficient (Wildman–Crippen LogP) is 3.27. The van der Waals surface area contributed by atoms with E-state index >= 15 is 0 Å². The zero-order valence-corrected chi connectivity index (χ0v) is 15.4. The molecule has 0 unspecified atom stereocenters. The van der Waals surface area contributed by atoms with Gasteiger partial charge in [0.1, 0.15) is 17.0 Å². The number of fused-ring (bicyclic) bond motifs is 1. The van der Waals surface area contributed by atoms with Crippen molar-refractivity contribution in [1.29, 1.82) is 0 Å². The molecule has 0 fully saturated rings. The van der Waals surface area contributed by atoms with Gasteiger partial charge in [-0.1, -0.05) is 29.5 Å². The molecule has 6 heteroatoms. The van der Waals surface area contributed by atoms with Crippen molar-refractivity contribution in [2.75, 3.05) is 7.11 Å². The van der Waals surface area contributed by atoms with E-state index in [0.29, 0.717) is 12.2 Å². The summed E-state index contributed by atoms with van der Waals surface area (Å²) < 4.78 is 7.10. The molecule has 1 aromatic heterocycles. The van der Waals surface area contributed by atoms with Crippen LogP contribution in [0.1, 0.15) is 39.0 Å². The molecule has 0 spiro atoms. The number of nitrogens with zero attached hydrogens (tertiary/aromatic N) is 3. The van der Waals surface area contributed by atoms with E-state index in [9.17, 15) is 9.90 Å². The van der Waals surface area contributed by atoms with Gasteiger partial charge in [-0.15, -0.1) is 5.10 Å². The Bertz CT molecular complexity index is 1010. The van der Waals surface area contributed by atoms with E-state index in [1.165, 1.54) is 5.56 Å². The minimum absolute atomic E-state index is 0.254. The summed E-state index contributed by atoms with van der Waals surface area (Å²) >= 11 is 0. The van der Waals surface area contributed by atoms with Crippen molar-refractivity contribution in [3.8, 4) is 17.0 Å². The number of rotatable bonds is 5. The smallest absolute Gasteiger partial charge is 0.339 e. The molecule has 0 bridgehead atoms. The molecule has 1 heterocycles. The van der Waals surface area contributed by atoms with Gasteiger partial charge in [0.15, 0.2) is 0 Å². The number of ether oxygens (including phenoxy) is 1. The number of methoxy groups -OCH3 is 1. The summed E-state index contributed by atoms with van der Waals surface area (Å²) in [6, 6.07) is 9.97. The fourth-order valence-corrected chi connectivity index (χ4v) is 3.88. The second kappa shape index (κ2) is 6.87. The summed E-state index contributed by atoms with van der Waals surface area (Å²) in [5.74, 6) is -0.419. The van der Waals surface area contributed by atoms with Crippen molar-refractivity contribution in [2.45, 2.75) is 25.7 Å². The highest BCUT2D eigenvalue weighted by Crippen LogP contribution is 2.37. The van der Waals surface area contributed by atoms with Gasteiger partial charge in [-0.05, 0) is 54.0 Å². The standard InChI is InChI=1S/C21H21N3O3/c1-24-12-19(22-23-24)14-8-6-13(7-9-14)10-15-11-18(21(25)26)20(27-2)17-5-3-4-16(15)17/h6-9,11-12H,3-5,10H2,1-2H3,(H,25,26). The summed E-state index contributed by atoms with van der Waals surface area (Å²) in [7, 11) is 3.39. The molecular weight excluding hydrogens is 342 g/mol. The van der Waals surface area contributed by atoms with Crippen molar-refractivity contribution in [3.05, 3.63) is 64.3 Å². The molecule has 0 atom stereocenters. The van der Waals surface area contributed by atoms with E-state index in [2.05, 4.69) is 22.4 Å². The third-order valence-electron chi connectivity index (χ3n) is 5.12. The molecule has 0 amide bonds. The van der Waals surface area contributed by atoms with Crippen molar-refractivity contribution < 1.29 is 14.6 Å². The van der Waals surface area contributed by atoms with Crippen LogP contribution in [0, 0.1) is 0 Å². The molecule has 0 radical (unpaired) electrons. The largest absolute Gasteiger partial charge is 0.496 e. The van der Waals surface area contributed by atoms with Crippen LogP contribution in [0.25, 0.3) is 11.3 Å². The van der Waals surface area contributed by atoms with Crippen molar-refractivity contribution in [3.63, 3.8) is 0 Å². The van der Waals surface area contributed by atoms with Crippen LogP contribution in [0.4, 0.5) is 0 Å². The molecule has 1 aliphatic carbocycles. The van der Waals surface area contributed by atoms with Gasteiger partial charge in [-0.3, -0.25) is 4.68 Å². The number of benzene rings is 2. The maximum Gasteiger partial charge on any atom is 0.339 e. The third-order valence-corrected chi connectivity index (χ3v) is 5.12. The zero-order chi connectivity index (χ0) is 19.0. The van der Waals surface area contributed by atoms with Gasteiger partial charge >= 0.3 is 5.97 Å². The lowest BCUT2D eigenvalue weighted by molar-refractivity contribution is 0.0693. The minimum Gasteiger partial charge on any atom is -0.496 e. The van der Waals surface area contributed by atoms with E-state index in [1.807, 2.05) is 25.4 Å². The number of carboxylic acid groups (broad SMARTS) is 1. The first-order valence-corrected chi connectivity index (χ1v) is 8.97. The number of carbonyl (C=O) groups is 1. The van der Waals surface area contributed by atoms with Gasteiger partial charge in [-0.2, -0.15) is 0 Å². The number of aryl methyl sites for hydroxylation is 1. The fourth-order valence-electron chi connectivity index (χ4n) is 3.88. The summed E-state index contributed by atoms with van der Waals surface area (Å²) in [6.07, 6.45) is 5.46. The Kier molecular flexibility index (Phi) is 4.39. The number of aromatic carboxylic acids is 1.